The van der Waals surface area contributed by atoms with Crippen molar-refractivity contribution in [2.75, 3.05) is 11.5 Å². The second-order valence-electron chi connectivity index (χ2n) is 9.31. The summed E-state index contributed by atoms with van der Waals surface area (Å²) in [5, 5.41) is 2.30. The lowest BCUT2D eigenvalue weighted by Gasteiger charge is -2.27. The molecular formula is C30H29IN2O4. The number of rotatable bonds is 6. The molecule has 1 fully saturated rings. The Morgan fingerprint density at radius 3 is 2.27 bits per heavy atom. The van der Waals surface area contributed by atoms with Crippen molar-refractivity contribution in [1.29, 1.82) is 0 Å². The first-order valence-corrected chi connectivity index (χ1v) is 13.2. The molecule has 0 spiro atoms. The molecule has 1 saturated heterocycles. The number of ether oxygens (including phenoxy) is 1. The third-order valence-electron chi connectivity index (χ3n) is 6.30. The van der Waals surface area contributed by atoms with E-state index in [9.17, 15) is 14.4 Å². The minimum Gasteiger partial charge on any atom is -0.494 e. The molecule has 1 N–H and O–H groups in total. The molecule has 1 aliphatic heterocycles. The van der Waals surface area contributed by atoms with Gasteiger partial charge in [0.25, 0.3) is 11.8 Å². The normalized spacial score (nSPS) is 14.8. The zero-order valence-electron chi connectivity index (χ0n) is 21.6. The van der Waals surface area contributed by atoms with Crippen LogP contribution in [0.25, 0.3) is 6.08 Å². The van der Waals surface area contributed by atoms with Gasteiger partial charge in [0, 0.05) is 15.6 Å². The van der Waals surface area contributed by atoms with E-state index in [1.165, 1.54) is 22.8 Å². The summed E-state index contributed by atoms with van der Waals surface area (Å²) in [5.41, 5.74) is 7.56. The van der Waals surface area contributed by atoms with Crippen LogP contribution in [0.15, 0.2) is 54.1 Å². The van der Waals surface area contributed by atoms with Gasteiger partial charge in [0.15, 0.2) is 0 Å². The Hall–Kier alpha value is -3.46. The van der Waals surface area contributed by atoms with Gasteiger partial charge in [0.1, 0.15) is 11.3 Å². The van der Waals surface area contributed by atoms with Crippen LogP contribution in [0.4, 0.5) is 10.5 Å². The number of nitrogens with one attached hydrogen (secondary N) is 1. The van der Waals surface area contributed by atoms with E-state index in [0.29, 0.717) is 30.0 Å². The lowest BCUT2D eigenvalue weighted by atomic mass is 9.98. The molecule has 4 amide bonds. The first-order chi connectivity index (χ1) is 17.6. The lowest BCUT2D eigenvalue weighted by Crippen LogP contribution is -2.54. The molecule has 7 heteroatoms. The molecule has 6 nitrogen and oxygen atoms in total. The Labute approximate surface area is 230 Å². The zero-order chi connectivity index (χ0) is 26.9. The second kappa shape index (κ2) is 10.9. The van der Waals surface area contributed by atoms with Crippen LogP contribution >= 0.6 is 22.6 Å². The highest BCUT2D eigenvalue weighted by Gasteiger charge is 2.37. The van der Waals surface area contributed by atoms with Crippen molar-refractivity contribution >= 4 is 52.2 Å². The van der Waals surface area contributed by atoms with Gasteiger partial charge < -0.3 is 4.74 Å². The van der Waals surface area contributed by atoms with E-state index >= 15 is 0 Å². The fourth-order valence-electron chi connectivity index (χ4n) is 4.47. The van der Waals surface area contributed by atoms with Gasteiger partial charge in [-0.1, -0.05) is 35.4 Å². The summed E-state index contributed by atoms with van der Waals surface area (Å²) in [6.07, 6.45) is 2.21. The fraction of sp³-hybridized carbons (Fsp3) is 0.233. The Kier molecular flexibility index (Phi) is 7.82. The van der Waals surface area contributed by atoms with E-state index in [4.69, 9.17) is 4.74 Å². The molecule has 0 bridgehead atoms. The van der Waals surface area contributed by atoms with Crippen LogP contribution in [-0.2, 0) is 16.0 Å². The SMILES string of the molecule is CCOc1cc(/C=C2\C(=O)NC(=O)N(c3ccc(C)c(C)c3)C2=O)cc(I)c1Cc1cc(C)cc(C)c1. The van der Waals surface area contributed by atoms with Crippen molar-refractivity contribution in [1.82, 2.24) is 5.32 Å². The summed E-state index contributed by atoms with van der Waals surface area (Å²) in [6.45, 7) is 10.4. The van der Waals surface area contributed by atoms with Gasteiger partial charge >= 0.3 is 6.03 Å². The molecular weight excluding hydrogens is 579 g/mol. The molecule has 0 unspecified atom stereocenters. The number of anilines is 1. The maximum Gasteiger partial charge on any atom is 0.335 e. The average Bonchev–Trinajstić information content (AvgIpc) is 2.80. The van der Waals surface area contributed by atoms with E-state index in [2.05, 4.69) is 60.0 Å². The molecule has 1 heterocycles. The van der Waals surface area contributed by atoms with Crippen molar-refractivity contribution in [3.05, 3.63) is 96.6 Å². The highest BCUT2D eigenvalue weighted by atomic mass is 127. The number of barbiturate groups is 1. The zero-order valence-corrected chi connectivity index (χ0v) is 23.7. The Bertz CT molecular complexity index is 1440. The van der Waals surface area contributed by atoms with E-state index in [1.807, 2.05) is 39.0 Å². The number of halogens is 1. The first-order valence-electron chi connectivity index (χ1n) is 12.1. The number of hydrogen-bond acceptors (Lipinski definition) is 4. The molecule has 0 saturated carbocycles. The molecule has 37 heavy (non-hydrogen) atoms. The van der Waals surface area contributed by atoms with Gasteiger partial charge in [0.05, 0.1) is 12.3 Å². The molecule has 0 radical (unpaired) electrons. The molecule has 190 valence electrons. The van der Waals surface area contributed by atoms with Gasteiger partial charge in [-0.05, 0) is 110 Å². The number of benzene rings is 3. The molecule has 0 aromatic heterocycles. The molecule has 3 aromatic carbocycles. The standard InChI is InChI=1S/C30H29IN2O4/c1-6-37-27-16-22(15-26(31)24(27)13-21-10-17(2)9-18(3)11-21)14-25-28(34)32-30(36)33(29(25)35)23-8-7-19(4)20(5)12-23/h7-12,14-16H,6,13H2,1-5H3,(H,32,34,36)/b25-14+. The first kappa shape index (κ1) is 26.6. The summed E-state index contributed by atoms with van der Waals surface area (Å²) >= 11 is 2.26. The number of urea groups is 1. The van der Waals surface area contributed by atoms with Gasteiger partial charge in [-0.25, -0.2) is 9.69 Å². The van der Waals surface area contributed by atoms with Gasteiger partial charge in [0.2, 0.25) is 0 Å². The third kappa shape index (κ3) is 5.77. The summed E-state index contributed by atoms with van der Waals surface area (Å²) < 4.78 is 6.94. The Morgan fingerprint density at radius 1 is 0.919 bits per heavy atom. The van der Waals surface area contributed by atoms with Crippen LogP contribution in [0.3, 0.4) is 0 Å². The number of carbonyl (C=O) groups is 3. The topological polar surface area (TPSA) is 75.7 Å². The van der Waals surface area contributed by atoms with E-state index in [-0.39, 0.29) is 5.57 Å². The second-order valence-corrected chi connectivity index (χ2v) is 10.5. The Balaban J connectivity index is 1.73. The van der Waals surface area contributed by atoms with Gasteiger partial charge in [-0.3, -0.25) is 14.9 Å². The summed E-state index contributed by atoms with van der Waals surface area (Å²) in [4.78, 5) is 39.7. The minimum absolute atomic E-state index is 0.113. The lowest BCUT2D eigenvalue weighted by molar-refractivity contribution is -0.122. The minimum atomic E-state index is -0.760. The maximum absolute atomic E-state index is 13.4. The average molecular weight is 608 g/mol. The van der Waals surface area contributed by atoms with Crippen LogP contribution < -0.4 is 15.0 Å². The number of amides is 4. The van der Waals surface area contributed by atoms with E-state index < -0.39 is 17.8 Å². The van der Waals surface area contributed by atoms with E-state index in [0.717, 1.165) is 25.2 Å². The van der Waals surface area contributed by atoms with Gasteiger partial charge in [-0.2, -0.15) is 0 Å². The number of aryl methyl sites for hydroxylation is 4. The van der Waals surface area contributed by atoms with Crippen LogP contribution in [0.5, 0.6) is 5.75 Å². The summed E-state index contributed by atoms with van der Waals surface area (Å²) in [6, 6.07) is 14.8. The van der Waals surface area contributed by atoms with Crippen molar-refractivity contribution in [3.8, 4) is 5.75 Å². The number of imide groups is 2. The monoisotopic (exact) mass is 608 g/mol. The highest BCUT2D eigenvalue weighted by molar-refractivity contribution is 14.1. The predicted octanol–water partition coefficient (Wildman–Crippen LogP) is 6.18. The van der Waals surface area contributed by atoms with Crippen LogP contribution in [0.1, 0.15) is 45.9 Å². The summed E-state index contributed by atoms with van der Waals surface area (Å²) in [5.74, 6) is -0.683. The van der Waals surface area contributed by atoms with Crippen molar-refractivity contribution in [2.24, 2.45) is 0 Å². The van der Waals surface area contributed by atoms with E-state index in [1.54, 1.807) is 12.1 Å². The predicted molar refractivity (Wildman–Crippen MR) is 154 cm³/mol. The fourth-order valence-corrected chi connectivity index (χ4v) is 5.29. The molecule has 0 aliphatic carbocycles. The van der Waals surface area contributed by atoms with Crippen molar-refractivity contribution < 1.29 is 19.1 Å². The van der Waals surface area contributed by atoms with Crippen LogP contribution in [0, 0.1) is 31.3 Å². The number of nitrogens with zero attached hydrogens (tertiary/aromatic N) is 1. The van der Waals surface area contributed by atoms with Crippen molar-refractivity contribution in [2.45, 2.75) is 41.0 Å². The molecule has 0 atom stereocenters. The smallest absolute Gasteiger partial charge is 0.335 e. The third-order valence-corrected chi connectivity index (χ3v) is 7.26. The largest absolute Gasteiger partial charge is 0.494 e. The van der Waals surface area contributed by atoms with Crippen molar-refractivity contribution in [3.63, 3.8) is 0 Å². The number of carbonyl (C=O) groups excluding carboxylic acids is 3. The van der Waals surface area contributed by atoms with Crippen LogP contribution in [0.2, 0.25) is 0 Å². The summed E-state index contributed by atoms with van der Waals surface area (Å²) in [7, 11) is 0. The number of hydrogen-bond donors (Lipinski definition) is 1. The Morgan fingerprint density at radius 2 is 1.62 bits per heavy atom. The van der Waals surface area contributed by atoms with Gasteiger partial charge in [-0.15, -0.1) is 0 Å². The maximum atomic E-state index is 13.4. The molecule has 3 aromatic rings. The quantitative estimate of drug-likeness (QED) is 0.206. The molecule has 1 aliphatic rings. The highest BCUT2D eigenvalue weighted by Crippen LogP contribution is 2.31. The van der Waals surface area contributed by atoms with Crippen LogP contribution in [-0.4, -0.2) is 24.5 Å². The molecule has 4 rings (SSSR count).